The Morgan fingerprint density at radius 2 is 1.05 bits per heavy atom. The molecule has 3 heterocycles. The van der Waals surface area contributed by atoms with E-state index in [9.17, 15) is 5.26 Å². The maximum absolute atomic E-state index is 9.58. The molecule has 0 saturated heterocycles. The molecule has 274 valence electrons. The molecule has 0 bridgehead atoms. The molecule has 59 heavy (non-hydrogen) atoms. The summed E-state index contributed by atoms with van der Waals surface area (Å²) in [5, 5.41) is 11.6. The Balaban J connectivity index is 1.12. The summed E-state index contributed by atoms with van der Waals surface area (Å²) >= 11 is 1.80. The number of benzene rings is 8. The zero-order valence-electron chi connectivity index (χ0n) is 31.4. The molecular formula is C53H30N4OS. The van der Waals surface area contributed by atoms with Gasteiger partial charge < -0.3 is 4.42 Å². The third-order valence-electron chi connectivity index (χ3n) is 11.9. The topological polar surface area (TPSA) is 75.6 Å². The van der Waals surface area contributed by atoms with Crippen LogP contribution in [0.2, 0.25) is 0 Å². The van der Waals surface area contributed by atoms with Gasteiger partial charge in [-0.25, -0.2) is 15.0 Å². The number of rotatable bonds is 4. The molecule has 0 fully saturated rings. The average molecular weight is 771 g/mol. The van der Waals surface area contributed by atoms with E-state index in [-0.39, 0.29) is 0 Å². The Morgan fingerprint density at radius 3 is 1.83 bits per heavy atom. The Hall–Kier alpha value is -7.59. The zero-order valence-corrected chi connectivity index (χ0v) is 32.2. The third-order valence-corrected chi connectivity index (χ3v) is 13.1. The highest BCUT2D eigenvalue weighted by Gasteiger charge is 2.50. The molecule has 1 spiro atoms. The summed E-state index contributed by atoms with van der Waals surface area (Å²) in [6, 6.07) is 65.6. The second-order valence-corrected chi connectivity index (χ2v) is 16.0. The fourth-order valence-electron chi connectivity index (χ4n) is 9.32. The number of hydrogen-bond donors (Lipinski definition) is 0. The summed E-state index contributed by atoms with van der Waals surface area (Å²) < 4.78 is 6.31. The Labute approximate surface area is 344 Å². The van der Waals surface area contributed by atoms with Crippen molar-refractivity contribution in [3.05, 3.63) is 210 Å². The van der Waals surface area contributed by atoms with E-state index in [2.05, 4.69) is 115 Å². The first-order valence-electron chi connectivity index (χ1n) is 19.6. The summed E-state index contributed by atoms with van der Waals surface area (Å²) in [6.07, 6.45) is 0. The highest BCUT2D eigenvalue weighted by Crippen LogP contribution is 2.63. The van der Waals surface area contributed by atoms with Gasteiger partial charge in [0, 0.05) is 37.3 Å². The number of para-hydroxylation sites is 1. The molecule has 0 N–H and O–H groups in total. The quantitative estimate of drug-likeness (QED) is 0.177. The lowest BCUT2D eigenvalue weighted by Gasteiger charge is -2.40. The lowest BCUT2D eigenvalue weighted by Crippen LogP contribution is -2.32. The summed E-state index contributed by atoms with van der Waals surface area (Å²) in [5.41, 5.74) is 13.9. The van der Waals surface area contributed by atoms with Crippen LogP contribution in [-0.2, 0) is 5.41 Å². The van der Waals surface area contributed by atoms with Gasteiger partial charge in [0.1, 0.15) is 11.2 Å². The molecule has 5 nitrogen and oxygen atoms in total. The smallest absolute Gasteiger partial charge is 0.164 e. The lowest BCUT2D eigenvalue weighted by molar-refractivity contribution is 0.669. The van der Waals surface area contributed by atoms with Gasteiger partial charge in [-0.05, 0) is 80.9 Å². The molecule has 2 aromatic heterocycles. The summed E-state index contributed by atoms with van der Waals surface area (Å²) in [5.74, 6) is 1.78. The minimum absolute atomic E-state index is 0.585. The van der Waals surface area contributed by atoms with Gasteiger partial charge in [-0.15, -0.1) is 0 Å². The Morgan fingerprint density at radius 1 is 0.458 bits per heavy atom. The van der Waals surface area contributed by atoms with Crippen LogP contribution in [0.25, 0.3) is 78.4 Å². The number of hydrogen-bond acceptors (Lipinski definition) is 6. The molecule has 12 rings (SSSR count). The van der Waals surface area contributed by atoms with Gasteiger partial charge in [-0.1, -0.05) is 157 Å². The van der Waals surface area contributed by atoms with E-state index in [0.717, 1.165) is 49.8 Å². The first-order chi connectivity index (χ1) is 29.2. The normalized spacial score (nSPS) is 13.1. The van der Waals surface area contributed by atoms with Gasteiger partial charge in [0.2, 0.25) is 0 Å². The molecule has 6 heteroatoms. The average Bonchev–Trinajstić information content (AvgIpc) is 3.83. The van der Waals surface area contributed by atoms with Crippen molar-refractivity contribution in [2.24, 2.45) is 0 Å². The SMILES string of the molecule is N#Cc1ccc(-c2cccc3c2Sc2ccc(-c4nc(-c5ccccc5)nc(-c5cccc6oc7ccccc7c56)n4)cc2C32c3ccccc3-c3ccccc32)cc1. The molecule has 10 aromatic rings. The van der Waals surface area contributed by atoms with Crippen molar-refractivity contribution in [1.82, 2.24) is 15.0 Å². The fourth-order valence-corrected chi connectivity index (χ4v) is 10.6. The Kier molecular flexibility index (Phi) is 7.37. The number of aromatic nitrogens is 3. The van der Waals surface area contributed by atoms with Crippen LogP contribution < -0.4 is 0 Å². The predicted molar refractivity (Wildman–Crippen MR) is 235 cm³/mol. The van der Waals surface area contributed by atoms with Crippen molar-refractivity contribution < 1.29 is 4.42 Å². The standard InChI is InChI=1S/C53H30N4OS/c54-31-32-24-26-33(27-25-32)36-17-10-21-43-49(36)59-47-29-28-35(30-44(47)53(43)41-19-7-4-14-37(41)38-15-5-8-20-42(38)53)51-55-50(34-12-2-1-3-13-34)56-52(57-51)40-18-11-23-46-48(40)39-16-6-9-22-45(39)58-46/h1-30H. The Bertz CT molecular complexity index is 3340. The first-order valence-corrected chi connectivity index (χ1v) is 20.4. The molecule has 0 atom stereocenters. The molecule has 1 aliphatic heterocycles. The highest BCUT2D eigenvalue weighted by molar-refractivity contribution is 7.99. The van der Waals surface area contributed by atoms with Crippen LogP contribution in [-0.4, -0.2) is 15.0 Å². The van der Waals surface area contributed by atoms with E-state index in [1.807, 2.05) is 72.8 Å². The second kappa shape index (κ2) is 13.0. The fraction of sp³-hybridized carbons (Fsp3) is 0.0189. The molecule has 0 radical (unpaired) electrons. The molecule has 8 aromatic carbocycles. The minimum atomic E-state index is -0.624. The van der Waals surface area contributed by atoms with Crippen LogP contribution in [0.1, 0.15) is 27.8 Å². The number of nitrogens with zero attached hydrogens (tertiary/aromatic N) is 4. The van der Waals surface area contributed by atoms with Crippen LogP contribution in [0.5, 0.6) is 0 Å². The van der Waals surface area contributed by atoms with Gasteiger partial charge in [-0.3, -0.25) is 0 Å². The molecule has 0 unspecified atom stereocenters. The van der Waals surface area contributed by atoms with Crippen LogP contribution in [0, 0.1) is 11.3 Å². The van der Waals surface area contributed by atoms with Crippen molar-refractivity contribution in [3.8, 4) is 62.5 Å². The van der Waals surface area contributed by atoms with Gasteiger partial charge in [0.05, 0.1) is 17.0 Å². The van der Waals surface area contributed by atoms with E-state index in [1.54, 1.807) is 11.8 Å². The number of furan rings is 1. The van der Waals surface area contributed by atoms with E-state index in [0.29, 0.717) is 23.0 Å². The molecule has 0 saturated carbocycles. The van der Waals surface area contributed by atoms with Crippen molar-refractivity contribution >= 4 is 33.7 Å². The molecular weight excluding hydrogens is 741 g/mol. The van der Waals surface area contributed by atoms with E-state index in [4.69, 9.17) is 19.4 Å². The van der Waals surface area contributed by atoms with E-state index >= 15 is 0 Å². The number of fused-ring (bicyclic) bond motifs is 12. The third kappa shape index (κ3) is 4.95. The van der Waals surface area contributed by atoms with Crippen molar-refractivity contribution in [3.63, 3.8) is 0 Å². The molecule has 0 amide bonds. The maximum atomic E-state index is 9.58. The highest BCUT2D eigenvalue weighted by atomic mass is 32.2. The predicted octanol–water partition coefficient (Wildman–Crippen LogP) is 13.1. The zero-order chi connectivity index (χ0) is 39.1. The summed E-state index contributed by atoms with van der Waals surface area (Å²) in [4.78, 5) is 18.0. The van der Waals surface area contributed by atoms with Crippen LogP contribution >= 0.6 is 11.8 Å². The van der Waals surface area contributed by atoms with Crippen molar-refractivity contribution in [1.29, 1.82) is 5.26 Å². The number of nitriles is 1. The van der Waals surface area contributed by atoms with E-state index in [1.165, 1.54) is 43.2 Å². The van der Waals surface area contributed by atoms with Gasteiger partial charge in [0.25, 0.3) is 0 Å². The van der Waals surface area contributed by atoms with Gasteiger partial charge in [-0.2, -0.15) is 5.26 Å². The van der Waals surface area contributed by atoms with Crippen LogP contribution in [0.15, 0.2) is 196 Å². The summed E-state index contributed by atoms with van der Waals surface area (Å²) in [6.45, 7) is 0. The van der Waals surface area contributed by atoms with E-state index < -0.39 is 5.41 Å². The largest absolute Gasteiger partial charge is 0.456 e. The maximum Gasteiger partial charge on any atom is 0.164 e. The first kappa shape index (κ1) is 33.5. The van der Waals surface area contributed by atoms with Crippen molar-refractivity contribution in [2.45, 2.75) is 15.2 Å². The van der Waals surface area contributed by atoms with Gasteiger partial charge >= 0.3 is 0 Å². The molecule has 2 aliphatic rings. The second-order valence-electron chi connectivity index (χ2n) is 15.0. The van der Waals surface area contributed by atoms with Crippen LogP contribution in [0.4, 0.5) is 0 Å². The monoisotopic (exact) mass is 770 g/mol. The van der Waals surface area contributed by atoms with Crippen LogP contribution in [0.3, 0.4) is 0 Å². The van der Waals surface area contributed by atoms with Gasteiger partial charge in [0.15, 0.2) is 17.5 Å². The summed E-state index contributed by atoms with van der Waals surface area (Å²) in [7, 11) is 0. The lowest BCUT2D eigenvalue weighted by atomic mass is 9.66. The molecule has 1 aliphatic carbocycles. The van der Waals surface area contributed by atoms with Crippen molar-refractivity contribution in [2.75, 3.05) is 0 Å². The minimum Gasteiger partial charge on any atom is -0.456 e.